The normalized spacial score (nSPS) is 19.7. The molecule has 2 aromatic heterocycles. The fraction of sp³-hybridized carbons (Fsp3) is 0.417. The van der Waals surface area contributed by atoms with Crippen molar-refractivity contribution in [1.82, 2.24) is 9.97 Å². The van der Waals surface area contributed by atoms with Gasteiger partial charge in [0.25, 0.3) is 0 Å². The molecule has 0 aromatic carbocycles. The first-order chi connectivity index (χ1) is 16.4. The number of anilines is 3. The molecule has 0 atom stereocenters. The van der Waals surface area contributed by atoms with Gasteiger partial charge in [-0.15, -0.1) is 0 Å². The first-order valence-electron chi connectivity index (χ1n) is 11.4. The zero-order chi connectivity index (χ0) is 24.1. The van der Waals surface area contributed by atoms with E-state index in [1.807, 2.05) is 0 Å². The van der Waals surface area contributed by atoms with Gasteiger partial charge in [0.2, 0.25) is 11.7 Å². The minimum Gasteiger partial charge on any atom is -0.469 e. The van der Waals surface area contributed by atoms with E-state index in [-0.39, 0.29) is 35.2 Å². The van der Waals surface area contributed by atoms with Crippen LogP contribution in [-0.2, 0) is 14.3 Å². The third-order valence-corrected chi connectivity index (χ3v) is 6.35. The number of nitrogens with zero attached hydrogens (tertiary/aromatic N) is 3. The second-order valence-corrected chi connectivity index (χ2v) is 8.56. The maximum absolute atomic E-state index is 12.6. The van der Waals surface area contributed by atoms with Gasteiger partial charge in [0.1, 0.15) is 5.82 Å². The Kier molecular flexibility index (Phi) is 7.15. The highest BCUT2D eigenvalue weighted by Gasteiger charge is 2.30. The number of rotatable bonds is 7. The summed E-state index contributed by atoms with van der Waals surface area (Å²) >= 11 is 0. The predicted molar refractivity (Wildman–Crippen MR) is 126 cm³/mol. The van der Waals surface area contributed by atoms with E-state index in [9.17, 15) is 19.7 Å². The number of ether oxygens (including phenoxy) is 1. The molecule has 10 heteroatoms. The molecule has 0 radical (unpaired) electrons. The van der Waals surface area contributed by atoms with Crippen LogP contribution in [0.4, 0.5) is 23.0 Å². The number of carbonyl (C=O) groups is 2. The standard InChI is InChI=1S/C24H27N5O5/c1-34-24(31)17-8-6-16(7-9-17)23(30)28-21-13-10-18(14-25-21)26-22-20(29(32)33)12-11-19(27-22)15-4-2-3-5-15/h4,10-14,16-17H,2-3,5-9H2,1H3,(H,26,27)(H,25,28,30). The highest BCUT2D eigenvalue weighted by Crippen LogP contribution is 2.32. The Balaban J connectivity index is 1.39. The summed E-state index contributed by atoms with van der Waals surface area (Å²) in [6.45, 7) is 0. The average Bonchev–Trinajstić information content (AvgIpc) is 3.40. The van der Waals surface area contributed by atoms with Gasteiger partial charge in [-0.1, -0.05) is 6.08 Å². The zero-order valence-corrected chi connectivity index (χ0v) is 19.0. The maximum atomic E-state index is 12.6. The van der Waals surface area contributed by atoms with E-state index in [2.05, 4.69) is 26.7 Å². The minimum atomic E-state index is -0.473. The molecule has 34 heavy (non-hydrogen) atoms. The van der Waals surface area contributed by atoms with Gasteiger partial charge in [0.05, 0.1) is 35.5 Å². The third-order valence-electron chi connectivity index (χ3n) is 6.35. The topological polar surface area (TPSA) is 136 Å². The Hall–Kier alpha value is -3.82. The maximum Gasteiger partial charge on any atom is 0.311 e. The van der Waals surface area contributed by atoms with Crippen LogP contribution in [0.15, 0.2) is 36.5 Å². The second kappa shape index (κ2) is 10.4. The molecule has 2 aliphatic rings. The van der Waals surface area contributed by atoms with Crippen molar-refractivity contribution in [3.05, 3.63) is 52.3 Å². The van der Waals surface area contributed by atoms with Crippen LogP contribution in [0.25, 0.3) is 5.57 Å². The lowest BCUT2D eigenvalue weighted by Crippen LogP contribution is -2.30. The van der Waals surface area contributed by atoms with Crippen molar-refractivity contribution < 1.29 is 19.2 Å². The molecule has 0 spiro atoms. The molecule has 1 fully saturated rings. The van der Waals surface area contributed by atoms with Crippen LogP contribution in [0.2, 0.25) is 0 Å². The molecule has 2 aromatic rings. The Morgan fingerprint density at radius 2 is 1.88 bits per heavy atom. The van der Waals surface area contributed by atoms with E-state index in [0.29, 0.717) is 37.2 Å². The Morgan fingerprint density at radius 1 is 1.12 bits per heavy atom. The monoisotopic (exact) mass is 465 g/mol. The van der Waals surface area contributed by atoms with Crippen LogP contribution in [-0.4, -0.2) is 33.9 Å². The smallest absolute Gasteiger partial charge is 0.311 e. The molecule has 0 bridgehead atoms. The number of pyridine rings is 2. The number of aromatic nitrogens is 2. The molecule has 0 aliphatic heterocycles. The van der Waals surface area contributed by atoms with Gasteiger partial charge in [0.15, 0.2) is 0 Å². The van der Waals surface area contributed by atoms with Crippen molar-refractivity contribution in [2.75, 3.05) is 17.7 Å². The molecule has 4 rings (SSSR count). The number of methoxy groups -OCH3 is 1. The molecule has 10 nitrogen and oxygen atoms in total. The van der Waals surface area contributed by atoms with Crippen molar-refractivity contribution in [3.63, 3.8) is 0 Å². The lowest BCUT2D eigenvalue weighted by atomic mass is 9.81. The fourth-order valence-corrected chi connectivity index (χ4v) is 4.44. The van der Waals surface area contributed by atoms with Crippen LogP contribution < -0.4 is 10.6 Å². The summed E-state index contributed by atoms with van der Waals surface area (Å²) in [5.41, 5.74) is 2.21. The lowest BCUT2D eigenvalue weighted by molar-refractivity contribution is -0.384. The van der Waals surface area contributed by atoms with E-state index >= 15 is 0 Å². The molecular weight excluding hydrogens is 438 g/mol. The largest absolute Gasteiger partial charge is 0.469 e. The summed E-state index contributed by atoms with van der Waals surface area (Å²) in [4.78, 5) is 44.0. The third kappa shape index (κ3) is 5.38. The molecule has 1 saturated carbocycles. The van der Waals surface area contributed by atoms with E-state index < -0.39 is 4.92 Å². The molecule has 2 N–H and O–H groups in total. The summed E-state index contributed by atoms with van der Waals surface area (Å²) in [5.74, 6) is -0.136. The number of amides is 1. The SMILES string of the molecule is COC(=O)C1CCC(C(=O)Nc2ccc(Nc3nc(C4=CCCC4)ccc3[N+](=O)[O-])cn2)CC1. The van der Waals surface area contributed by atoms with Crippen LogP contribution in [0.3, 0.4) is 0 Å². The van der Waals surface area contributed by atoms with Gasteiger partial charge in [-0.3, -0.25) is 19.7 Å². The Labute approximate surface area is 197 Å². The van der Waals surface area contributed by atoms with E-state index in [0.717, 1.165) is 30.5 Å². The fourth-order valence-electron chi connectivity index (χ4n) is 4.44. The molecular formula is C24H27N5O5. The molecule has 2 heterocycles. The van der Waals surface area contributed by atoms with E-state index in [1.165, 1.54) is 19.4 Å². The zero-order valence-electron chi connectivity index (χ0n) is 19.0. The second-order valence-electron chi connectivity index (χ2n) is 8.56. The number of hydrogen-bond acceptors (Lipinski definition) is 8. The van der Waals surface area contributed by atoms with Crippen molar-refractivity contribution in [2.24, 2.45) is 11.8 Å². The van der Waals surface area contributed by atoms with Crippen molar-refractivity contribution in [3.8, 4) is 0 Å². The first kappa shape index (κ1) is 23.3. The number of nitrogens with one attached hydrogen (secondary N) is 2. The molecule has 0 saturated heterocycles. The van der Waals surface area contributed by atoms with Gasteiger partial charge in [0, 0.05) is 12.0 Å². The summed E-state index contributed by atoms with van der Waals surface area (Å²) in [6.07, 6.45) is 9.05. The van der Waals surface area contributed by atoms with Crippen LogP contribution >= 0.6 is 0 Å². The quantitative estimate of drug-likeness (QED) is 0.343. The van der Waals surface area contributed by atoms with Gasteiger partial charge < -0.3 is 15.4 Å². The summed E-state index contributed by atoms with van der Waals surface area (Å²) < 4.78 is 4.79. The van der Waals surface area contributed by atoms with Crippen LogP contribution in [0, 0.1) is 22.0 Å². The van der Waals surface area contributed by atoms with E-state index in [1.54, 1.807) is 18.2 Å². The van der Waals surface area contributed by atoms with Crippen LogP contribution in [0.1, 0.15) is 50.6 Å². The molecule has 1 amide bonds. The number of hydrogen-bond donors (Lipinski definition) is 2. The summed E-state index contributed by atoms with van der Waals surface area (Å²) in [5, 5.41) is 17.3. The first-order valence-corrected chi connectivity index (χ1v) is 11.4. The Morgan fingerprint density at radius 3 is 2.50 bits per heavy atom. The van der Waals surface area contributed by atoms with Gasteiger partial charge in [-0.2, -0.15) is 0 Å². The highest BCUT2D eigenvalue weighted by atomic mass is 16.6. The minimum absolute atomic E-state index is 0.123. The Bertz CT molecular complexity index is 1110. The average molecular weight is 466 g/mol. The van der Waals surface area contributed by atoms with Crippen LogP contribution in [0.5, 0.6) is 0 Å². The number of carbonyl (C=O) groups excluding carboxylic acids is 2. The van der Waals surface area contributed by atoms with Gasteiger partial charge in [-0.25, -0.2) is 9.97 Å². The molecule has 0 unspecified atom stereocenters. The lowest BCUT2D eigenvalue weighted by Gasteiger charge is -2.25. The number of allylic oxidation sites excluding steroid dienone is 2. The summed E-state index contributed by atoms with van der Waals surface area (Å²) in [6, 6.07) is 6.45. The van der Waals surface area contributed by atoms with Gasteiger partial charge >= 0.3 is 11.7 Å². The highest BCUT2D eigenvalue weighted by molar-refractivity contribution is 5.92. The molecule has 178 valence electrons. The summed E-state index contributed by atoms with van der Waals surface area (Å²) in [7, 11) is 1.38. The van der Waals surface area contributed by atoms with E-state index in [4.69, 9.17) is 4.74 Å². The van der Waals surface area contributed by atoms with Crippen molar-refractivity contribution in [2.45, 2.75) is 44.9 Å². The number of esters is 1. The number of nitro groups is 1. The van der Waals surface area contributed by atoms with Crippen molar-refractivity contribution in [1.29, 1.82) is 0 Å². The van der Waals surface area contributed by atoms with Crippen molar-refractivity contribution >= 4 is 40.5 Å². The predicted octanol–water partition coefficient (Wildman–Crippen LogP) is 4.61. The molecule has 2 aliphatic carbocycles. The van der Waals surface area contributed by atoms with Gasteiger partial charge in [-0.05, 0) is 68.7 Å².